The normalized spacial score (nSPS) is 10.8. The first-order valence-corrected chi connectivity index (χ1v) is 9.80. The standard InChI is InChI=1S/C23H20ClFN2O4/c1-2-30-22-12-15(13-26-27-23(29)16-7-9-17(28)10-8-16)6-11-21(22)31-14-18-19(24)4-3-5-20(18)25/h3-13,28H,2,14H2,1H3,(H,27,29)/b26-13+. The number of nitrogens with zero attached hydrogens (tertiary/aromatic N) is 1. The minimum absolute atomic E-state index is 0.0539. The monoisotopic (exact) mass is 442 g/mol. The summed E-state index contributed by atoms with van der Waals surface area (Å²) in [7, 11) is 0. The number of nitrogens with one attached hydrogen (secondary N) is 1. The maximum absolute atomic E-state index is 14.0. The van der Waals surface area contributed by atoms with Gasteiger partial charge in [0.2, 0.25) is 0 Å². The van der Waals surface area contributed by atoms with Crippen molar-refractivity contribution in [1.82, 2.24) is 5.43 Å². The summed E-state index contributed by atoms with van der Waals surface area (Å²) in [5.41, 5.74) is 3.69. The molecule has 0 aliphatic carbocycles. The molecule has 6 nitrogen and oxygen atoms in total. The first-order valence-electron chi connectivity index (χ1n) is 9.43. The zero-order valence-electron chi connectivity index (χ0n) is 16.6. The van der Waals surface area contributed by atoms with Crippen molar-refractivity contribution in [3.63, 3.8) is 0 Å². The second-order valence-corrected chi connectivity index (χ2v) is 6.78. The molecular weight excluding hydrogens is 423 g/mol. The summed E-state index contributed by atoms with van der Waals surface area (Å²) in [5, 5.41) is 13.5. The Morgan fingerprint density at radius 2 is 1.90 bits per heavy atom. The first-order chi connectivity index (χ1) is 15.0. The summed E-state index contributed by atoms with van der Waals surface area (Å²) in [6.45, 7) is 2.17. The lowest BCUT2D eigenvalue weighted by Crippen LogP contribution is -2.17. The number of hydrogen-bond acceptors (Lipinski definition) is 5. The number of halogens is 2. The predicted molar refractivity (Wildman–Crippen MR) is 117 cm³/mol. The second kappa shape index (κ2) is 10.4. The summed E-state index contributed by atoms with van der Waals surface area (Å²) >= 11 is 6.04. The number of phenolic OH excluding ortho intramolecular Hbond substituents is 1. The highest BCUT2D eigenvalue weighted by molar-refractivity contribution is 6.31. The molecule has 0 saturated heterocycles. The van der Waals surface area contributed by atoms with Crippen LogP contribution in [-0.2, 0) is 6.61 Å². The summed E-state index contributed by atoms with van der Waals surface area (Å²) in [6, 6.07) is 15.3. The van der Waals surface area contributed by atoms with Crippen molar-refractivity contribution >= 4 is 23.7 Å². The van der Waals surface area contributed by atoms with E-state index in [1.165, 1.54) is 42.6 Å². The molecule has 3 aromatic rings. The van der Waals surface area contributed by atoms with Gasteiger partial charge in [0.1, 0.15) is 18.2 Å². The Morgan fingerprint density at radius 1 is 1.13 bits per heavy atom. The molecule has 160 valence electrons. The van der Waals surface area contributed by atoms with Gasteiger partial charge in [-0.3, -0.25) is 4.79 Å². The molecule has 0 unspecified atom stereocenters. The van der Waals surface area contributed by atoms with Crippen molar-refractivity contribution in [2.75, 3.05) is 6.61 Å². The van der Waals surface area contributed by atoms with Gasteiger partial charge in [0.25, 0.3) is 5.91 Å². The molecule has 0 aromatic heterocycles. The van der Waals surface area contributed by atoms with Crippen LogP contribution in [0.25, 0.3) is 0 Å². The largest absolute Gasteiger partial charge is 0.508 e. The van der Waals surface area contributed by atoms with Gasteiger partial charge in [0.15, 0.2) is 11.5 Å². The number of carbonyl (C=O) groups is 1. The number of ether oxygens (including phenoxy) is 2. The molecule has 0 atom stereocenters. The van der Waals surface area contributed by atoms with E-state index in [-0.39, 0.29) is 22.9 Å². The van der Waals surface area contributed by atoms with Gasteiger partial charge >= 0.3 is 0 Å². The van der Waals surface area contributed by atoms with Crippen LogP contribution in [-0.4, -0.2) is 23.8 Å². The molecule has 0 radical (unpaired) electrons. The summed E-state index contributed by atoms with van der Waals surface area (Å²) in [4.78, 5) is 12.1. The number of benzene rings is 3. The van der Waals surface area contributed by atoms with Crippen molar-refractivity contribution in [2.24, 2.45) is 5.10 Å². The van der Waals surface area contributed by atoms with E-state index in [4.69, 9.17) is 21.1 Å². The van der Waals surface area contributed by atoms with E-state index in [1.807, 2.05) is 6.92 Å². The van der Waals surface area contributed by atoms with Crippen LogP contribution in [0.15, 0.2) is 65.8 Å². The topological polar surface area (TPSA) is 80.2 Å². The number of hydrazone groups is 1. The number of amides is 1. The van der Waals surface area contributed by atoms with Gasteiger partial charge in [-0.2, -0.15) is 5.10 Å². The van der Waals surface area contributed by atoms with E-state index < -0.39 is 11.7 Å². The minimum Gasteiger partial charge on any atom is -0.508 e. The molecule has 0 saturated carbocycles. The van der Waals surface area contributed by atoms with Crippen LogP contribution in [0.1, 0.15) is 28.4 Å². The Hall–Kier alpha value is -3.58. The van der Waals surface area contributed by atoms with E-state index in [2.05, 4.69) is 10.5 Å². The van der Waals surface area contributed by atoms with Crippen LogP contribution >= 0.6 is 11.6 Å². The minimum atomic E-state index is -0.446. The van der Waals surface area contributed by atoms with E-state index in [0.29, 0.717) is 29.2 Å². The Morgan fingerprint density at radius 3 is 2.61 bits per heavy atom. The fraction of sp³-hybridized carbons (Fsp3) is 0.130. The van der Waals surface area contributed by atoms with Gasteiger partial charge in [-0.1, -0.05) is 17.7 Å². The molecule has 2 N–H and O–H groups in total. The molecule has 3 rings (SSSR count). The third kappa shape index (κ3) is 5.96. The van der Waals surface area contributed by atoms with Gasteiger partial charge in [-0.25, -0.2) is 9.82 Å². The van der Waals surface area contributed by atoms with E-state index in [0.717, 1.165) is 0 Å². The molecule has 8 heteroatoms. The fourth-order valence-corrected chi connectivity index (χ4v) is 2.87. The van der Waals surface area contributed by atoms with Crippen LogP contribution in [0.2, 0.25) is 5.02 Å². The molecule has 3 aromatic carbocycles. The van der Waals surface area contributed by atoms with Crippen molar-refractivity contribution in [1.29, 1.82) is 0 Å². The van der Waals surface area contributed by atoms with E-state index in [1.54, 1.807) is 24.3 Å². The van der Waals surface area contributed by atoms with E-state index >= 15 is 0 Å². The lowest BCUT2D eigenvalue weighted by atomic mass is 10.2. The Labute approximate surface area is 183 Å². The highest BCUT2D eigenvalue weighted by Gasteiger charge is 2.11. The van der Waals surface area contributed by atoms with Crippen LogP contribution in [0.3, 0.4) is 0 Å². The molecular formula is C23H20ClFN2O4. The van der Waals surface area contributed by atoms with Crippen molar-refractivity contribution in [2.45, 2.75) is 13.5 Å². The molecule has 0 heterocycles. The third-order valence-electron chi connectivity index (χ3n) is 4.21. The van der Waals surface area contributed by atoms with Gasteiger partial charge in [0.05, 0.1) is 17.8 Å². The van der Waals surface area contributed by atoms with Gasteiger partial charge in [-0.05, 0) is 67.1 Å². The number of carbonyl (C=O) groups excluding carboxylic acids is 1. The molecule has 1 amide bonds. The average molecular weight is 443 g/mol. The molecule has 0 bridgehead atoms. The maximum atomic E-state index is 14.0. The van der Waals surface area contributed by atoms with Crippen LogP contribution in [0.5, 0.6) is 17.2 Å². The van der Waals surface area contributed by atoms with Gasteiger partial charge in [-0.15, -0.1) is 0 Å². The predicted octanol–water partition coefficient (Wildman–Crippen LogP) is 4.93. The number of phenols is 1. The number of aromatic hydroxyl groups is 1. The van der Waals surface area contributed by atoms with Crippen LogP contribution in [0, 0.1) is 5.82 Å². The lowest BCUT2D eigenvalue weighted by molar-refractivity contribution is 0.0955. The highest BCUT2D eigenvalue weighted by atomic mass is 35.5. The zero-order valence-corrected chi connectivity index (χ0v) is 17.4. The molecule has 0 aliphatic rings. The quantitative estimate of drug-likeness (QED) is 0.383. The van der Waals surface area contributed by atoms with Crippen LogP contribution < -0.4 is 14.9 Å². The van der Waals surface area contributed by atoms with Crippen molar-refractivity contribution in [3.8, 4) is 17.2 Å². The lowest BCUT2D eigenvalue weighted by Gasteiger charge is -2.13. The smallest absolute Gasteiger partial charge is 0.271 e. The highest BCUT2D eigenvalue weighted by Crippen LogP contribution is 2.30. The second-order valence-electron chi connectivity index (χ2n) is 6.37. The maximum Gasteiger partial charge on any atom is 0.271 e. The average Bonchev–Trinajstić information content (AvgIpc) is 2.75. The summed E-state index contributed by atoms with van der Waals surface area (Å²) in [6.07, 6.45) is 1.46. The van der Waals surface area contributed by atoms with Crippen molar-refractivity contribution in [3.05, 3.63) is 88.2 Å². The first kappa shape index (κ1) is 22.1. The molecule has 0 aliphatic heterocycles. The Kier molecular flexibility index (Phi) is 7.45. The number of hydrogen-bond donors (Lipinski definition) is 2. The Balaban J connectivity index is 1.68. The third-order valence-corrected chi connectivity index (χ3v) is 4.56. The van der Waals surface area contributed by atoms with Crippen LogP contribution in [0.4, 0.5) is 4.39 Å². The fourth-order valence-electron chi connectivity index (χ4n) is 2.66. The SMILES string of the molecule is CCOc1cc(/C=N/NC(=O)c2ccc(O)cc2)ccc1OCc1c(F)cccc1Cl. The molecule has 0 fully saturated rings. The summed E-state index contributed by atoms with van der Waals surface area (Å²) < 4.78 is 25.3. The van der Waals surface area contributed by atoms with E-state index in [9.17, 15) is 14.3 Å². The molecule has 0 spiro atoms. The van der Waals surface area contributed by atoms with Gasteiger partial charge < -0.3 is 14.6 Å². The summed E-state index contributed by atoms with van der Waals surface area (Å²) in [5.74, 6) is 0.0832. The zero-order chi connectivity index (χ0) is 22.2. The Bertz CT molecular complexity index is 1070. The van der Waals surface area contributed by atoms with Gasteiger partial charge in [0, 0.05) is 11.1 Å². The molecule has 31 heavy (non-hydrogen) atoms. The number of rotatable bonds is 8. The van der Waals surface area contributed by atoms with Crippen molar-refractivity contribution < 1.29 is 23.8 Å².